The molecule has 0 aliphatic heterocycles. The number of rotatable bonds is 9. The molecule has 0 aromatic carbocycles. The maximum absolute atomic E-state index is 11.9. The number of unbranched alkanes of at least 4 members (excludes halogenated alkanes) is 4. The topological polar surface area (TPSA) is 49.9 Å². The van der Waals surface area contributed by atoms with Gasteiger partial charge in [0.25, 0.3) is 0 Å². The van der Waals surface area contributed by atoms with E-state index in [2.05, 4.69) is 11.9 Å². The minimum absolute atomic E-state index is 0.0612. The largest absolute Gasteiger partial charge is 0.359 e. The number of nitrogens with one attached hydrogen (secondary N) is 1. The van der Waals surface area contributed by atoms with E-state index in [1.54, 1.807) is 25.3 Å². The Hall–Kier alpha value is -1.38. The lowest BCUT2D eigenvalue weighted by Gasteiger charge is -2.08. The van der Waals surface area contributed by atoms with Crippen molar-refractivity contribution >= 4 is 11.6 Å². The Balaban J connectivity index is 2.31. The highest BCUT2D eigenvalue weighted by Crippen LogP contribution is 2.13. The minimum Gasteiger partial charge on any atom is -0.359 e. The molecular formula is C15H23NO2. The standard InChI is InChI=1S/C15H23NO2/c1-3-4-5-6-7-10-14(17)12(2)15(18)13-9-8-11-16-13/h8-9,11-12,16H,3-7,10H2,1-2H3. The van der Waals surface area contributed by atoms with Gasteiger partial charge in [-0.2, -0.15) is 0 Å². The molecule has 0 aliphatic carbocycles. The molecule has 0 radical (unpaired) electrons. The first-order valence-electron chi connectivity index (χ1n) is 6.87. The van der Waals surface area contributed by atoms with Gasteiger partial charge in [-0.15, -0.1) is 0 Å². The Bertz CT molecular complexity index is 368. The molecule has 1 atom stereocenters. The highest BCUT2D eigenvalue weighted by molar-refractivity contribution is 6.09. The SMILES string of the molecule is CCCCCCCC(=O)C(C)C(=O)c1ccc[nH]1. The summed E-state index contributed by atoms with van der Waals surface area (Å²) < 4.78 is 0. The van der Waals surface area contributed by atoms with E-state index in [1.807, 2.05) is 0 Å². The fraction of sp³-hybridized carbons (Fsp3) is 0.600. The number of Topliss-reactive ketones (excluding diaryl/α,β-unsaturated/α-hetero) is 2. The molecule has 0 amide bonds. The molecule has 3 heteroatoms. The molecule has 0 aliphatic rings. The number of aromatic nitrogens is 1. The van der Waals surface area contributed by atoms with Crippen LogP contribution < -0.4 is 0 Å². The molecule has 1 heterocycles. The van der Waals surface area contributed by atoms with E-state index < -0.39 is 5.92 Å². The maximum atomic E-state index is 11.9. The average Bonchev–Trinajstić information content (AvgIpc) is 2.90. The second kappa shape index (κ2) is 7.85. The van der Waals surface area contributed by atoms with E-state index in [-0.39, 0.29) is 11.6 Å². The van der Waals surface area contributed by atoms with E-state index in [9.17, 15) is 9.59 Å². The molecule has 3 nitrogen and oxygen atoms in total. The molecular weight excluding hydrogens is 226 g/mol. The number of ketones is 2. The number of carbonyl (C=O) groups excluding carboxylic acids is 2. The molecule has 100 valence electrons. The van der Waals surface area contributed by atoms with Crippen molar-refractivity contribution in [2.24, 2.45) is 5.92 Å². The van der Waals surface area contributed by atoms with Gasteiger partial charge in [0.05, 0.1) is 11.6 Å². The molecule has 1 rings (SSSR count). The molecule has 0 spiro atoms. The predicted octanol–water partition coefficient (Wildman–Crippen LogP) is 3.76. The fourth-order valence-electron chi connectivity index (χ4n) is 1.98. The van der Waals surface area contributed by atoms with Crippen molar-refractivity contribution in [2.45, 2.75) is 52.4 Å². The third-order valence-corrected chi connectivity index (χ3v) is 3.27. The third kappa shape index (κ3) is 4.47. The first-order valence-corrected chi connectivity index (χ1v) is 6.87. The average molecular weight is 249 g/mol. The van der Waals surface area contributed by atoms with Gasteiger partial charge in [0.2, 0.25) is 0 Å². The van der Waals surface area contributed by atoms with E-state index in [0.717, 1.165) is 12.8 Å². The Morgan fingerprint density at radius 2 is 1.94 bits per heavy atom. The van der Waals surface area contributed by atoms with Crippen LogP contribution in [-0.4, -0.2) is 16.6 Å². The van der Waals surface area contributed by atoms with Crippen LogP contribution in [-0.2, 0) is 4.79 Å². The van der Waals surface area contributed by atoms with Gasteiger partial charge in [-0.1, -0.05) is 32.6 Å². The first-order chi connectivity index (χ1) is 8.66. The molecule has 1 aromatic heterocycles. The van der Waals surface area contributed by atoms with Crippen molar-refractivity contribution in [2.75, 3.05) is 0 Å². The van der Waals surface area contributed by atoms with Crippen LogP contribution in [0.3, 0.4) is 0 Å². The van der Waals surface area contributed by atoms with Crippen molar-refractivity contribution < 1.29 is 9.59 Å². The van der Waals surface area contributed by atoms with Crippen LogP contribution >= 0.6 is 0 Å². The van der Waals surface area contributed by atoms with Crippen molar-refractivity contribution in [1.82, 2.24) is 4.98 Å². The summed E-state index contributed by atoms with van der Waals surface area (Å²) in [6.45, 7) is 3.87. The predicted molar refractivity (Wildman–Crippen MR) is 72.7 cm³/mol. The maximum Gasteiger partial charge on any atom is 0.189 e. The fourth-order valence-corrected chi connectivity index (χ4v) is 1.98. The molecule has 18 heavy (non-hydrogen) atoms. The van der Waals surface area contributed by atoms with E-state index >= 15 is 0 Å². The Morgan fingerprint density at radius 3 is 2.56 bits per heavy atom. The summed E-state index contributed by atoms with van der Waals surface area (Å²) in [6.07, 6.45) is 7.83. The van der Waals surface area contributed by atoms with Gasteiger partial charge in [-0.05, 0) is 25.5 Å². The zero-order valence-corrected chi connectivity index (χ0v) is 11.4. The summed E-state index contributed by atoms with van der Waals surface area (Å²) in [5.41, 5.74) is 0.529. The van der Waals surface area contributed by atoms with Crippen LogP contribution in [0.1, 0.15) is 62.9 Å². The van der Waals surface area contributed by atoms with E-state index in [0.29, 0.717) is 12.1 Å². The van der Waals surface area contributed by atoms with Crippen LogP contribution in [0.15, 0.2) is 18.3 Å². The summed E-state index contributed by atoms with van der Waals surface area (Å²) >= 11 is 0. The molecule has 0 saturated carbocycles. The van der Waals surface area contributed by atoms with Crippen LogP contribution in [0.4, 0.5) is 0 Å². The van der Waals surface area contributed by atoms with Gasteiger partial charge >= 0.3 is 0 Å². The molecule has 0 fully saturated rings. The van der Waals surface area contributed by atoms with Crippen LogP contribution in [0.5, 0.6) is 0 Å². The smallest absolute Gasteiger partial charge is 0.189 e. The van der Waals surface area contributed by atoms with Crippen molar-refractivity contribution in [1.29, 1.82) is 0 Å². The van der Waals surface area contributed by atoms with E-state index in [1.165, 1.54) is 19.3 Å². The van der Waals surface area contributed by atoms with Crippen molar-refractivity contribution in [3.05, 3.63) is 24.0 Å². The van der Waals surface area contributed by atoms with E-state index in [4.69, 9.17) is 0 Å². The zero-order valence-electron chi connectivity index (χ0n) is 11.4. The minimum atomic E-state index is -0.519. The number of hydrogen-bond acceptors (Lipinski definition) is 2. The first kappa shape index (κ1) is 14.7. The van der Waals surface area contributed by atoms with Crippen molar-refractivity contribution in [3.8, 4) is 0 Å². The summed E-state index contributed by atoms with van der Waals surface area (Å²) in [4.78, 5) is 26.7. The molecule has 1 aromatic rings. The quantitative estimate of drug-likeness (QED) is 0.411. The number of carbonyl (C=O) groups is 2. The highest BCUT2D eigenvalue weighted by Gasteiger charge is 2.22. The van der Waals surface area contributed by atoms with Gasteiger partial charge in [-0.25, -0.2) is 0 Å². The molecule has 0 saturated heterocycles. The monoisotopic (exact) mass is 249 g/mol. The third-order valence-electron chi connectivity index (χ3n) is 3.27. The van der Waals surface area contributed by atoms with Gasteiger partial charge < -0.3 is 4.98 Å². The van der Waals surface area contributed by atoms with Gasteiger partial charge in [-0.3, -0.25) is 9.59 Å². The summed E-state index contributed by atoms with van der Waals surface area (Å²) in [5.74, 6) is -0.556. The Kier molecular flexibility index (Phi) is 6.40. The Morgan fingerprint density at radius 1 is 1.22 bits per heavy atom. The van der Waals surface area contributed by atoms with Crippen molar-refractivity contribution in [3.63, 3.8) is 0 Å². The lowest BCUT2D eigenvalue weighted by atomic mass is 9.95. The Labute approximate surface area is 109 Å². The van der Waals surface area contributed by atoms with Crippen LogP contribution in [0.2, 0.25) is 0 Å². The second-order valence-electron chi connectivity index (χ2n) is 4.80. The number of H-pyrrole nitrogens is 1. The van der Waals surface area contributed by atoms with Crippen LogP contribution in [0, 0.1) is 5.92 Å². The highest BCUT2D eigenvalue weighted by atomic mass is 16.2. The number of hydrogen-bond donors (Lipinski definition) is 1. The van der Waals surface area contributed by atoms with Gasteiger partial charge in [0.15, 0.2) is 5.78 Å². The molecule has 0 bridgehead atoms. The summed E-state index contributed by atoms with van der Waals surface area (Å²) in [5, 5.41) is 0. The second-order valence-corrected chi connectivity index (χ2v) is 4.80. The van der Waals surface area contributed by atoms with Gasteiger partial charge in [0, 0.05) is 12.6 Å². The summed E-state index contributed by atoms with van der Waals surface area (Å²) in [6, 6.07) is 3.49. The van der Waals surface area contributed by atoms with Crippen LogP contribution in [0.25, 0.3) is 0 Å². The lowest BCUT2D eigenvalue weighted by Crippen LogP contribution is -2.21. The summed E-state index contributed by atoms with van der Waals surface area (Å²) in [7, 11) is 0. The molecule has 1 N–H and O–H groups in total. The van der Waals surface area contributed by atoms with Gasteiger partial charge in [0.1, 0.15) is 5.78 Å². The normalized spacial score (nSPS) is 12.3. The molecule has 1 unspecified atom stereocenters. The zero-order chi connectivity index (χ0) is 13.4. The number of aromatic amines is 1. The lowest BCUT2D eigenvalue weighted by molar-refractivity contribution is -0.121.